The Kier molecular flexibility index (Phi) is 2.31. The number of halogens is 2. The van der Waals surface area contributed by atoms with E-state index in [2.05, 4.69) is 113 Å². The largest absolute Gasteiger partial charge is 0.452 e. The van der Waals surface area contributed by atoms with Gasteiger partial charge in [-0.2, -0.15) is 0 Å². The molecule has 2 bridgehead atoms. The molecule has 8 heteroatoms. The maximum atomic E-state index is 2.46. The maximum absolute atomic E-state index is 2.46. The van der Waals surface area contributed by atoms with E-state index in [1.807, 2.05) is 0 Å². The highest BCUT2D eigenvalue weighted by molar-refractivity contribution is 14.1. The van der Waals surface area contributed by atoms with Crippen LogP contribution in [0, 0.1) is 7.14 Å². The van der Waals surface area contributed by atoms with E-state index in [4.69, 9.17) is 0 Å². The van der Waals surface area contributed by atoms with Gasteiger partial charge in [0.1, 0.15) is 0 Å². The van der Waals surface area contributed by atoms with E-state index in [9.17, 15) is 0 Å². The van der Waals surface area contributed by atoms with Gasteiger partial charge in [0.05, 0.1) is 7.14 Å². The van der Waals surface area contributed by atoms with Gasteiger partial charge < -0.3 is 9.19 Å². The lowest BCUT2D eigenvalue weighted by Gasteiger charge is -2.42. The lowest BCUT2D eigenvalue weighted by Crippen LogP contribution is -2.93. The summed E-state index contributed by atoms with van der Waals surface area (Å²) in [4.78, 5) is 0. The van der Waals surface area contributed by atoms with Crippen LogP contribution in [0.2, 0.25) is 0 Å². The molecule has 4 nitrogen and oxygen atoms in total. The third kappa shape index (κ3) is 1.34. The van der Waals surface area contributed by atoms with Crippen molar-refractivity contribution >= 4 is 70.1 Å². The second-order valence-corrected chi connectivity index (χ2v) is 8.22. The first-order chi connectivity index (χ1) is 9.74. The molecule has 0 aliphatic carbocycles. The van der Waals surface area contributed by atoms with Crippen molar-refractivity contribution in [3.05, 3.63) is 56.2 Å². The Morgan fingerprint density at radius 1 is 0.800 bits per heavy atom. The molecule has 6 rings (SSSR count). The number of nitrogens with zero attached hydrogens (tertiary/aromatic N) is 4. The molecule has 0 spiro atoms. The summed E-state index contributed by atoms with van der Waals surface area (Å²) < 4.78 is 12.5. The molecule has 3 aliphatic heterocycles. The van der Waals surface area contributed by atoms with E-state index in [0.29, 0.717) is 0 Å². The van der Waals surface area contributed by atoms with E-state index in [1.165, 1.54) is 18.1 Å². The van der Waals surface area contributed by atoms with Crippen molar-refractivity contribution in [1.82, 2.24) is 9.19 Å². The molecule has 3 aliphatic rings. The lowest BCUT2D eigenvalue weighted by atomic mass is 9.50. The minimum atomic E-state index is -0.759. The van der Waals surface area contributed by atoms with Crippen molar-refractivity contribution in [2.45, 2.75) is 0 Å². The molecule has 1 aromatic carbocycles. The van der Waals surface area contributed by atoms with Crippen LogP contribution in [0.15, 0.2) is 49.1 Å². The first-order valence-electron chi connectivity index (χ1n) is 6.76. The molecular formula is C12H10B2I2N4. The van der Waals surface area contributed by atoms with Crippen molar-refractivity contribution < 1.29 is 9.19 Å². The summed E-state index contributed by atoms with van der Waals surface area (Å²) in [7, 11) is 0. The Labute approximate surface area is 143 Å². The van der Waals surface area contributed by atoms with Gasteiger partial charge in [-0.1, -0.05) is 24.3 Å². The van der Waals surface area contributed by atoms with Crippen molar-refractivity contribution in [2.24, 2.45) is 0 Å². The second kappa shape index (κ2) is 3.90. The second-order valence-electron chi connectivity index (χ2n) is 5.73. The predicted octanol–water partition coefficient (Wildman–Crippen LogP) is -1.25. The lowest BCUT2D eigenvalue weighted by molar-refractivity contribution is -0.700. The Bertz CT molecular complexity index is 758. The summed E-state index contributed by atoms with van der Waals surface area (Å²) in [6.45, 7) is -1.52. The van der Waals surface area contributed by atoms with Gasteiger partial charge in [0.25, 0.3) is 0 Å². The van der Waals surface area contributed by atoms with Gasteiger partial charge in [0, 0.05) is 12.4 Å². The molecule has 0 atom stereocenters. The van der Waals surface area contributed by atoms with Crippen LogP contribution >= 0.6 is 45.2 Å². The average Bonchev–Trinajstić information content (AvgIpc) is 2.99. The van der Waals surface area contributed by atoms with Crippen LogP contribution < -0.4 is 20.1 Å². The summed E-state index contributed by atoms with van der Waals surface area (Å²) in [6.07, 6.45) is 9.14. The van der Waals surface area contributed by atoms with Crippen LogP contribution in [0.25, 0.3) is 0 Å². The zero-order chi connectivity index (χ0) is 13.4. The van der Waals surface area contributed by atoms with Crippen LogP contribution in [-0.4, -0.2) is 23.2 Å². The fourth-order valence-corrected chi connectivity index (χ4v) is 5.42. The first kappa shape index (κ1) is 11.8. The Morgan fingerprint density at radius 3 is 1.70 bits per heavy atom. The average molecular weight is 486 g/mol. The van der Waals surface area contributed by atoms with E-state index in [-0.39, 0.29) is 0 Å². The monoisotopic (exact) mass is 486 g/mol. The van der Waals surface area contributed by atoms with Crippen LogP contribution in [0.1, 0.15) is 0 Å². The molecule has 0 radical (unpaired) electrons. The summed E-state index contributed by atoms with van der Waals surface area (Å²) >= 11 is 4.83. The zero-order valence-corrected chi connectivity index (χ0v) is 14.9. The Morgan fingerprint density at radius 2 is 1.25 bits per heavy atom. The van der Waals surface area contributed by atoms with E-state index < -0.39 is 14.0 Å². The molecule has 98 valence electrons. The van der Waals surface area contributed by atoms with E-state index in [0.717, 1.165) is 0 Å². The molecular weight excluding hydrogens is 476 g/mol. The first-order valence-corrected chi connectivity index (χ1v) is 8.92. The highest BCUT2D eigenvalue weighted by Gasteiger charge is 2.45. The molecule has 0 saturated heterocycles. The molecule has 5 heterocycles. The number of hydrogen-bond acceptors (Lipinski definition) is 0. The minimum absolute atomic E-state index is 0.759. The van der Waals surface area contributed by atoms with Gasteiger partial charge in [-0.3, -0.25) is 9.19 Å². The van der Waals surface area contributed by atoms with Crippen LogP contribution in [0.3, 0.4) is 0 Å². The van der Waals surface area contributed by atoms with Crippen molar-refractivity contribution in [3.63, 3.8) is 0 Å². The van der Waals surface area contributed by atoms with Gasteiger partial charge >= 0.3 is 14.0 Å². The topological polar surface area (TPSA) is 17.6 Å². The highest BCUT2D eigenvalue weighted by Crippen LogP contribution is 2.10. The fraction of sp³-hybridized carbons (Fsp3) is 0. The molecule has 0 saturated carbocycles. The van der Waals surface area contributed by atoms with Gasteiger partial charge in [-0.05, 0) is 45.2 Å². The van der Waals surface area contributed by atoms with Crippen LogP contribution in [0.4, 0.5) is 0 Å². The molecule has 0 amide bonds. The molecule has 2 aromatic heterocycles. The van der Waals surface area contributed by atoms with Crippen LogP contribution in [0.5, 0.6) is 0 Å². The third-order valence-electron chi connectivity index (χ3n) is 4.78. The fourth-order valence-electron chi connectivity index (χ4n) is 4.14. The van der Waals surface area contributed by atoms with Gasteiger partial charge in [-0.15, -0.1) is 10.9 Å². The number of rotatable bonds is 0. The zero-order valence-electron chi connectivity index (χ0n) is 10.6. The summed E-state index contributed by atoms with van der Waals surface area (Å²) in [6, 6.07) is 8.96. The Balaban J connectivity index is 1.92. The van der Waals surface area contributed by atoms with E-state index in [1.54, 1.807) is 0 Å². The number of benzene rings is 1. The van der Waals surface area contributed by atoms with Crippen molar-refractivity contribution in [3.8, 4) is 0 Å². The minimum Gasteiger partial charge on any atom is -0.340 e. The standard InChI is InChI=1S/C12H10B2I2N4/c15-9-5-17-13-11-3-1-2-4-12(11)14(19(17)7-9)20-8-10(16)6-18(13)20/h1-8,13-14H/t13-,14+. The third-order valence-corrected chi connectivity index (χ3v) is 5.89. The smallest absolute Gasteiger partial charge is 0.340 e. The summed E-state index contributed by atoms with van der Waals surface area (Å²) in [5, 5.41) is 0. The molecule has 20 heavy (non-hydrogen) atoms. The van der Waals surface area contributed by atoms with E-state index >= 15 is 0 Å². The quantitative estimate of drug-likeness (QED) is 0.193. The SMILES string of the molecule is Ic1cn2[n+](c1)[B@H-]1c3ccccc3[B@@H-]2[n+]2cc(I)cn21. The molecule has 0 N–H and O–H groups in total. The van der Waals surface area contributed by atoms with Crippen molar-refractivity contribution in [2.75, 3.05) is 0 Å². The summed E-state index contributed by atoms with van der Waals surface area (Å²) in [5.74, 6) is 0. The normalized spacial score (nSPS) is 21.5. The predicted molar refractivity (Wildman–Crippen MR) is 96.3 cm³/mol. The van der Waals surface area contributed by atoms with Crippen LogP contribution in [-0.2, 0) is 0 Å². The molecule has 0 unspecified atom stereocenters. The molecule has 0 fully saturated rings. The molecule has 3 aromatic rings. The summed E-state index contributed by atoms with van der Waals surface area (Å²) in [5.41, 5.74) is 3.04. The highest BCUT2D eigenvalue weighted by atomic mass is 127. The van der Waals surface area contributed by atoms with Gasteiger partial charge in [0.2, 0.25) is 0 Å². The maximum Gasteiger partial charge on any atom is 0.452 e. The Hall–Kier alpha value is -0.770. The van der Waals surface area contributed by atoms with Crippen molar-refractivity contribution in [1.29, 1.82) is 0 Å². The number of hydrogen-bond donors (Lipinski definition) is 0. The van der Waals surface area contributed by atoms with Gasteiger partial charge in [0.15, 0.2) is 12.4 Å². The number of aromatic nitrogens is 4. The van der Waals surface area contributed by atoms with Gasteiger partial charge in [-0.25, -0.2) is 0 Å².